The van der Waals surface area contributed by atoms with Gasteiger partial charge in [-0.05, 0) is 24.5 Å². The Bertz CT molecular complexity index is 520. The summed E-state index contributed by atoms with van der Waals surface area (Å²) in [5.74, 6) is 1.58. The van der Waals surface area contributed by atoms with Gasteiger partial charge in [-0.2, -0.15) is 0 Å². The molecule has 4 nitrogen and oxygen atoms in total. The normalized spacial score (nSPS) is 10.8. The summed E-state index contributed by atoms with van der Waals surface area (Å²) in [5.41, 5.74) is 2.51. The molecule has 2 rings (SSSR count). The molecule has 0 saturated heterocycles. The van der Waals surface area contributed by atoms with E-state index >= 15 is 0 Å². The highest BCUT2D eigenvalue weighted by molar-refractivity contribution is 5.28. The number of benzene rings is 1. The number of aliphatic hydroxyl groups is 1. The van der Waals surface area contributed by atoms with Gasteiger partial charge in [0.05, 0.1) is 0 Å². The number of aliphatic hydroxyl groups excluding tert-OH is 1. The van der Waals surface area contributed by atoms with Crippen molar-refractivity contribution in [2.24, 2.45) is 0 Å². The van der Waals surface area contributed by atoms with Gasteiger partial charge in [0, 0.05) is 13.0 Å². The van der Waals surface area contributed by atoms with Crippen molar-refractivity contribution in [2.45, 2.75) is 39.8 Å². The van der Waals surface area contributed by atoms with Crippen molar-refractivity contribution >= 4 is 0 Å². The minimum atomic E-state index is -0.0548. The van der Waals surface area contributed by atoms with Crippen LogP contribution in [-0.2, 0) is 19.6 Å². The van der Waals surface area contributed by atoms with Crippen molar-refractivity contribution in [3.63, 3.8) is 0 Å². The van der Waals surface area contributed by atoms with Crippen LogP contribution in [0.1, 0.15) is 36.1 Å². The van der Waals surface area contributed by atoms with E-state index in [0.717, 1.165) is 25.2 Å². The lowest BCUT2D eigenvalue weighted by Gasteiger charge is -2.09. The van der Waals surface area contributed by atoms with E-state index in [-0.39, 0.29) is 6.61 Å². The lowest BCUT2D eigenvalue weighted by atomic mass is 10.1. The summed E-state index contributed by atoms with van der Waals surface area (Å²) in [4.78, 5) is 0. The second-order valence-electron chi connectivity index (χ2n) is 4.45. The molecule has 0 atom stereocenters. The Balaban J connectivity index is 2.29. The molecular weight excluding hydrogens is 226 g/mol. The molecule has 0 fully saturated rings. The monoisotopic (exact) mass is 245 g/mol. The van der Waals surface area contributed by atoms with E-state index in [9.17, 15) is 5.11 Å². The first kappa shape index (κ1) is 12.8. The molecule has 0 saturated carbocycles. The van der Waals surface area contributed by atoms with Gasteiger partial charge in [-0.15, -0.1) is 10.2 Å². The molecule has 0 radical (unpaired) electrons. The van der Waals surface area contributed by atoms with Crippen LogP contribution in [0.2, 0.25) is 0 Å². The van der Waals surface area contributed by atoms with Gasteiger partial charge in [0.25, 0.3) is 0 Å². The SMILES string of the molecule is CCCn1c(CO)nnc1Cc1ccccc1C. The molecule has 18 heavy (non-hydrogen) atoms. The molecule has 0 bridgehead atoms. The Morgan fingerprint density at radius 2 is 1.89 bits per heavy atom. The second-order valence-corrected chi connectivity index (χ2v) is 4.45. The molecule has 96 valence electrons. The van der Waals surface area contributed by atoms with Crippen molar-refractivity contribution in [3.05, 3.63) is 47.0 Å². The molecule has 0 amide bonds. The van der Waals surface area contributed by atoms with E-state index in [4.69, 9.17) is 0 Å². The molecule has 0 aliphatic heterocycles. The number of rotatable bonds is 5. The highest BCUT2D eigenvalue weighted by atomic mass is 16.3. The minimum absolute atomic E-state index is 0.0548. The van der Waals surface area contributed by atoms with Gasteiger partial charge < -0.3 is 9.67 Å². The first-order valence-corrected chi connectivity index (χ1v) is 6.32. The first-order chi connectivity index (χ1) is 8.76. The minimum Gasteiger partial charge on any atom is -0.388 e. The average molecular weight is 245 g/mol. The summed E-state index contributed by atoms with van der Waals surface area (Å²) < 4.78 is 2.02. The summed E-state index contributed by atoms with van der Waals surface area (Å²) >= 11 is 0. The van der Waals surface area contributed by atoms with Gasteiger partial charge >= 0.3 is 0 Å². The molecule has 1 aromatic heterocycles. The van der Waals surface area contributed by atoms with Crippen molar-refractivity contribution in [1.29, 1.82) is 0 Å². The van der Waals surface area contributed by atoms with Crippen LogP contribution in [0.25, 0.3) is 0 Å². The molecule has 0 aliphatic carbocycles. The topological polar surface area (TPSA) is 50.9 Å². The lowest BCUT2D eigenvalue weighted by Crippen LogP contribution is -2.08. The largest absolute Gasteiger partial charge is 0.388 e. The van der Waals surface area contributed by atoms with Crippen LogP contribution in [0.15, 0.2) is 24.3 Å². The van der Waals surface area contributed by atoms with Gasteiger partial charge in [0.1, 0.15) is 12.4 Å². The van der Waals surface area contributed by atoms with Gasteiger partial charge in [0.2, 0.25) is 0 Å². The summed E-state index contributed by atoms with van der Waals surface area (Å²) in [6.07, 6.45) is 1.77. The average Bonchev–Trinajstić information content (AvgIpc) is 2.75. The Morgan fingerprint density at radius 1 is 1.17 bits per heavy atom. The fourth-order valence-corrected chi connectivity index (χ4v) is 2.08. The molecule has 0 unspecified atom stereocenters. The number of hydrogen-bond donors (Lipinski definition) is 1. The van der Waals surface area contributed by atoms with Crippen LogP contribution < -0.4 is 0 Å². The number of hydrogen-bond acceptors (Lipinski definition) is 3. The summed E-state index contributed by atoms with van der Waals surface area (Å²) in [5, 5.41) is 17.5. The zero-order valence-electron chi connectivity index (χ0n) is 10.9. The number of aromatic nitrogens is 3. The van der Waals surface area contributed by atoms with E-state index < -0.39 is 0 Å². The third-order valence-electron chi connectivity index (χ3n) is 3.10. The molecule has 2 aromatic rings. The summed E-state index contributed by atoms with van der Waals surface area (Å²) in [6.45, 7) is 5.01. The van der Waals surface area contributed by atoms with E-state index in [1.54, 1.807) is 0 Å². The smallest absolute Gasteiger partial charge is 0.158 e. The lowest BCUT2D eigenvalue weighted by molar-refractivity contribution is 0.264. The van der Waals surface area contributed by atoms with Crippen LogP contribution in [0, 0.1) is 6.92 Å². The fourth-order valence-electron chi connectivity index (χ4n) is 2.08. The molecule has 0 aliphatic rings. The van der Waals surface area contributed by atoms with Gasteiger partial charge in [0.15, 0.2) is 5.82 Å². The van der Waals surface area contributed by atoms with Crippen LogP contribution in [0.3, 0.4) is 0 Å². The van der Waals surface area contributed by atoms with Crippen molar-refractivity contribution in [2.75, 3.05) is 0 Å². The Kier molecular flexibility index (Phi) is 4.10. The first-order valence-electron chi connectivity index (χ1n) is 6.32. The van der Waals surface area contributed by atoms with E-state index in [1.165, 1.54) is 11.1 Å². The number of nitrogens with zero attached hydrogens (tertiary/aromatic N) is 3. The van der Waals surface area contributed by atoms with Crippen molar-refractivity contribution in [1.82, 2.24) is 14.8 Å². The second kappa shape index (κ2) is 5.78. The highest BCUT2D eigenvalue weighted by Crippen LogP contribution is 2.13. The quantitative estimate of drug-likeness (QED) is 0.877. The van der Waals surface area contributed by atoms with E-state index in [0.29, 0.717) is 5.82 Å². The third kappa shape index (κ3) is 2.59. The molecular formula is C14H19N3O. The fraction of sp³-hybridized carbons (Fsp3) is 0.429. The summed E-state index contributed by atoms with van der Waals surface area (Å²) in [6, 6.07) is 8.28. The zero-order valence-corrected chi connectivity index (χ0v) is 10.9. The third-order valence-corrected chi connectivity index (χ3v) is 3.10. The van der Waals surface area contributed by atoms with Crippen LogP contribution in [0.5, 0.6) is 0 Å². The molecule has 1 N–H and O–H groups in total. The van der Waals surface area contributed by atoms with Crippen molar-refractivity contribution in [3.8, 4) is 0 Å². The maximum absolute atomic E-state index is 9.26. The number of aryl methyl sites for hydroxylation is 1. The van der Waals surface area contributed by atoms with Crippen LogP contribution in [0.4, 0.5) is 0 Å². The highest BCUT2D eigenvalue weighted by Gasteiger charge is 2.11. The summed E-state index contributed by atoms with van der Waals surface area (Å²) in [7, 11) is 0. The van der Waals surface area contributed by atoms with Crippen molar-refractivity contribution < 1.29 is 5.11 Å². The van der Waals surface area contributed by atoms with Gasteiger partial charge in [-0.25, -0.2) is 0 Å². The Morgan fingerprint density at radius 3 is 2.56 bits per heavy atom. The van der Waals surface area contributed by atoms with Crippen LogP contribution in [-0.4, -0.2) is 19.9 Å². The van der Waals surface area contributed by atoms with E-state index in [1.807, 2.05) is 16.7 Å². The molecule has 4 heteroatoms. The zero-order chi connectivity index (χ0) is 13.0. The Labute approximate surface area is 107 Å². The molecule has 1 heterocycles. The van der Waals surface area contributed by atoms with Gasteiger partial charge in [-0.3, -0.25) is 0 Å². The maximum atomic E-state index is 9.26. The van der Waals surface area contributed by atoms with E-state index in [2.05, 4.69) is 36.2 Å². The van der Waals surface area contributed by atoms with Gasteiger partial charge in [-0.1, -0.05) is 31.2 Å². The standard InChI is InChI=1S/C14H19N3O/c1-3-8-17-13(15-16-14(17)10-18)9-12-7-5-4-6-11(12)2/h4-7,18H,3,8-10H2,1-2H3. The predicted molar refractivity (Wildman–Crippen MR) is 70.2 cm³/mol. The van der Waals surface area contributed by atoms with Crippen LogP contribution >= 0.6 is 0 Å². The Hall–Kier alpha value is -1.68. The molecule has 1 aromatic carbocycles. The maximum Gasteiger partial charge on any atom is 0.158 e. The predicted octanol–water partition coefficient (Wildman–Crippen LogP) is 2.08. The molecule has 0 spiro atoms.